The van der Waals surface area contributed by atoms with Crippen LogP contribution in [0.15, 0.2) is 60.9 Å². The molecule has 0 radical (unpaired) electrons. The molecule has 0 spiro atoms. The first-order valence-electron chi connectivity index (χ1n) is 25.5. The van der Waals surface area contributed by atoms with Crippen molar-refractivity contribution in [2.45, 2.75) is 156 Å². The van der Waals surface area contributed by atoms with Gasteiger partial charge < -0.3 is 29.9 Å². The van der Waals surface area contributed by atoms with Crippen LogP contribution in [0.5, 0.6) is 0 Å². The van der Waals surface area contributed by atoms with Gasteiger partial charge in [-0.3, -0.25) is 28.3 Å². The van der Waals surface area contributed by atoms with Crippen molar-refractivity contribution in [1.82, 2.24) is 39.5 Å². The lowest BCUT2D eigenvalue weighted by molar-refractivity contribution is -0.136. The maximum Gasteiger partial charge on any atom is 0.407 e. The second-order valence-electron chi connectivity index (χ2n) is 19.3. The summed E-state index contributed by atoms with van der Waals surface area (Å²) in [5.41, 5.74) is 4.79. The van der Waals surface area contributed by atoms with Gasteiger partial charge in [0, 0.05) is 37.1 Å². The minimum absolute atomic E-state index is 0.0740. The maximum absolute atomic E-state index is 14.2. The quantitative estimate of drug-likeness (QED) is 0.0761. The third kappa shape index (κ3) is 12.3. The third-order valence-electron chi connectivity index (χ3n) is 13.7. The average molecular weight is 963 g/mol. The second kappa shape index (κ2) is 25.0. The predicted molar refractivity (Wildman–Crippen MR) is 269 cm³/mol. The molecule has 4 amide bonds. The van der Waals surface area contributed by atoms with Gasteiger partial charge in [0.1, 0.15) is 23.7 Å². The summed E-state index contributed by atoms with van der Waals surface area (Å²) >= 11 is 0. The van der Waals surface area contributed by atoms with Gasteiger partial charge in [-0.2, -0.15) is 0 Å². The molecule has 2 aliphatic heterocycles. The molecular weight excluding hydrogens is 889 g/mol. The number of likely N-dealkylation sites (tertiary alicyclic amines) is 2. The Labute approximate surface area is 413 Å². The third-order valence-corrected chi connectivity index (χ3v) is 13.7. The summed E-state index contributed by atoms with van der Waals surface area (Å²) in [5, 5.41) is 5.42. The highest BCUT2D eigenvalue weighted by atomic mass is 16.5. The number of carbonyl (C=O) groups is 6. The van der Waals surface area contributed by atoms with Crippen LogP contribution in [0.1, 0.15) is 165 Å². The van der Waals surface area contributed by atoms with E-state index in [2.05, 4.69) is 24.5 Å². The molecule has 4 atom stereocenters. The summed E-state index contributed by atoms with van der Waals surface area (Å²) in [6.07, 6.45) is 13.0. The summed E-state index contributed by atoms with van der Waals surface area (Å²) in [4.78, 5) is 94.2. The van der Waals surface area contributed by atoms with Crippen LogP contribution in [-0.2, 0) is 19.1 Å². The van der Waals surface area contributed by atoms with E-state index in [1.807, 2.05) is 76.2 Å². The molecule has 0 aliphatic carbocycles. The van der Waals surface area contributed by atoms with Crippen molar-refractivity contribution in [3.63, 3.8) is 0 Å². The fraction of sp³-hybridized carbons (Fsp3) is 0.556. The Kier molecular flexibility index (Phi) is 18.9. The Balaban J connectivity index is 1.29. The monoisotopic (exact) mass is 963 g/mol. The number of ether oxygens (including phenoxy) is 2. The maximum atomic E-state index is 14.2. The molecule has 0 unspecified atom stereocenters. The van der Waals surface area contributed by atoms with Gasteiger partial charge in [0.15, 0.2) is 0 Å². The molecule has 16 nitrogen and oxygen atoms in total. The van der Waals surface area contributed by atoms with E-state index in [1.54, 1.807) is 31.3 Å². The SMILES string of the molecule is CCCCCCC(=O)n1c(-c2ccc(-c3ccc(-c4cnc([C@H]5CCCN5C(=O)[C@@H](NC(=O)OC)C(C)C)n4C(=O)CCCCCC)cc3)cc2)cnc1[C@H]1CCCN1C(=O)[C@@H](NC(=O)OC)C(C)C. The van der Waals surface area contributed by atoms with Crippen LogP contribution in [0.2, 0.25) is 0 Å². The van der Waals surface area contributed by atoms with Crippen molar-refractivity contribution in [1.29, 1.82) is 0 Å². The number of methoxy groups -OCH3 is 2. The molecule has 2 aromatic heterocycles. The summed E-state index contributed by atoms with van der Waals surface area (Å²) in [7, 11) is 2.54. The molecule has 2 aromatic carbocycles. The van der Waals surface area contributed by atoms with Crippen molar-refractivity contribution in [2.75, 3.05) is 27.3 Å². The molecular formula is C54H74N8O8. The van der Waals surface area contributed by atoms with Crippen molar-refractivity contribution >= 4 is 35.8 Å². The first-order valence-corrected chi connectivity index (χ1v) is 25.5. The van der Waals surface area contributed by atoms with E-state index in [0.717, 1.165) is 86.5 Å². The van der Waals surface area contributed by atoms with Gasteiger partial charge in [-0.25, -0.2) is 19.6 Å². The van der Waals surface area contributed by atoms with E-state index in [9.17, 15) is 28.8 Å². The molecule has 2 saturated heterocycles. The van der Waals surface area contributed by atoms with Crippen LogP contribution >= 0.6 is 0 Å². The standard InChI is InChI=1S/C54H74N8O8/c1-9-11-13-15-21-45(63)61-43(33-55-49(61)41-19-17-31-59(41)51(65)47(35(3)4)57-53(67)69-7)39-27-23-37(24-28-39)38-25-29-40(30-26-38)44-34-56-50(62(44)46(64)22-16-14-12-10-2)42-20-18-32-60(42)52(66)48(36(5)6)58-54(68)70-8/h23-30,33-36,41-42,47-48H,9-22,31-32H2,1-8H3,(H,57,67)(H,58,68)/t41-,42-,47+,48+/m1/s1. The van der Waals surface area contributed by atoms with E-state index in [4.69, 9.17) is 19.4 Å². The zero-order valence-corrected chi connectivity index (χ0v) is 42.5. The second-order valence-corrected chi connectivity index (χ2v) is 19.3. The molecule has 0 bridgehead atoms. The van der Waals surface area contributed by atoms with Gasteiger partial charge in [-0.05, 0) is 61.5 Å². The number of imidazole rings is 2. The van der Waals surface area contributed by atoms with Crippen LogP contribution in [0.4, 0.5) is 9.59 Å². The summed E-state index contributed by atoms with van der Waals surface area (Å²) in [6, 6.07) is 13.5. The number of carbonyl (C=O) groups excluding carboxylic acids is 6. The number of amides is 4. The highest BCUT2D eigenvalue weighted by Gasteiger charge is 2.41. The lowest BCUT2D eigenvalue weighted by atomic mass is 10.0. The Morgan fingerprint density at radius 1 is 0.557 bits per heavy atom. The highest BCUT2D eigenvalue weighted by molar-refractivity contribution is 5.89. The van der Waals surface area contributed by atoms with Gasteiger partial charge in [-0.15, -0.1) is 0 Å². The number of benzene rings is 2. The lowest BCUT2D eigenvalue weighted by Crippen LogP contribution is -2.51. The van der Waals surface area contributed by atoms with Crippen molar-refractivity contribution in [3.8, 4) is 33.6 Å². The van der Waals surface area contributed by atoms with E-state index in [1.165, 1.54) is 14.2 Å². The van der Waals surface area contributed by atoms with Crippen molar-refractivity contribution in [2.24, 2.45) is 11.8 Å². The number of hydrogen-bond acceptors (Lipinski definition) is 10. The van der Waals surface area contributed by atoms with E-state index >= 15 is 0 Å². The molecule has 70 heavy (non-hydrogen) atoms. The van der Waals surface area contributed by atoms with E-state index in [-0.39, 0.29) is 35.5 Å². The van der Waals surface area contributed by atoms with Gasteiger partial charge in [0.2, 0.25) is 23.6 Å². The molecule has 16 heteroatoms. The predicted octanol–water partition coefficient (Wildman–Crippen LogP) is 10.4. The largest absolute Gasteiger partial charge is 0.453 e. The summed E-state index contributed by atoms with van der Waals surface area (Å²) in [5.74, 6) is 0.0306. The number of nitrogens with one attached hydrogen (secondary N) is 2. The normalized spacial score (nSPS) is 16.7. The summed E-state index contributed by atoms with van der Waals surface area (Å²) in [6.45, 7) is 12.7. The first kappa shape index (κ1) is 53.0. The van der Waals surface area contributed by atoms with Gasteiger partial charge >= 0.3 is 12.2 Å². The number of aromatic nitrogens is 4. The minimum atomic E-state index is -0.799. The van der Waals surface area contributed by atoms with Crippen LogP contribution < -0.4 is 10.6 Å². The number of nitrogens with zero attached hydrogens (tertiary/aromatic N) is 6. The minimum Gasteiger partial charge on any atom is -0.453 e. The Hall–Kier alpha value is -6.32. The molecule has 2 N–H and O–H groups in total. The number of alkyl carbamates (subject to hydrolysis) is 2. The molecule has 378 valence electrons. The Morgan fingerprint density at radius 2 is 0.914 bits per heavy atom. The Morgan fingerprint density at radius 3 is 1.24 bits per heavy atom. The molecule has 4 heterocycles. The molecule has 0 saturated carbocycles. The lowest BCUT2D eigenvalue weighted by Gasteiger charge is -2.30. The Bertz CT molecular complexity index is 2260. The van der Waals surface area contributed by atoms with Crippen LogP contribution in [0, 0.1) is 11.8 Å². The number of rotatable bonds is 21. The molecule has 6 rings (SSSR count). The molecule has 2 fully saturated rings. The first-order chi connectivity index (χ1) is 33.7. The van der Waals surface area contributed by atoms with Crippen molar-refractivity contribution < 1.29 is 38.2 Å². The highest BCUT2D eigenvalue weighted by Crippen LogP contribution is 2.38. The number of hydrogen-bond donors (Lipinski definition) is 2. The fourth-order valence-corrected chi connectivity index (χ4v) is 9.78. The van der Waals surface area contributed by atoms with Crippen LogP contribution in [0.3, 0.4) is 0 Å². The van der Waals surface area contributed by atoms with Gasteiger partial charge in [0.05, 0.1) is 50.1 Å². The summed E-state index contributed by atoms with van der Waals surface area (Å²) < 4.78 is 13.1. The van der Waals surface area contributed by atoms with Crippen molar-refractivity contribution in [3.05, 3.63) is 72.6 Å². The van der Waals surface area contributed by atoms with E-state index in [0.29, 0.717) is 61.8 Å². The molecule has 4 aromatic rings. The smallest absolute Gasteiger partial charge is 0.407 e. The average Bonchev–Trinajstić information content (AvgIpc) is 4.21. The zero-order chi connectivity index (χ0) is 50.5. The zero-order valence-electron chi connectivity index (χ0n) is 42.5. The van der Waals surface area contributed by atoms with Crippen LogP contribution in [0.25, 0.3) is 33.6 Å². The van der Waals surface area contributed by atoms with Gasteiger partial charge in [0.25, 0.3) is 0 Å². The molecule has 2 aliphatic rings. The van der Waals surface area contributed by atoms with Crippen LogP contribution in [-0.4, -0.2) is 104 Å². The number of unbranched alkanes of at least 4 members (excludes halogenated alkanes) is 6. The topological polar surface area (TPSA) is 187 Å². The van der Waals surface area contributed by atoms with E-state index < -0.39 is 36.4 Å². The fourth-order valence-electron chi connectivity index (χ4n) is 9.78. The van der Waals surface area contributed by atoms with Gasteiger partial charge in [-0.1, -0.05) is 129 Å².